The van der Waals surface area contributed by atoms with Gasteiger partial charge in [-0.1, -0.05) is 48.8 Å². The number of nitrogens with zero attached hydrogens (tertiary/aromatic N) is 1. The highest BCUT2D eigenvalue weighted by molar-refractivity contribution is 9.10. The predicted octanol–water partition coefficient (Wildman–Crippen LogP) is 3.63. The summed E-state index contributed by atoms with van der Waals surface area (Å²) in [6, 6.07) is 6.88. The first-order chi connectivity index (χ1) is 12.6. The molecule has 0 unspecified atom stereocenters. The van der Waals surface area contributed by atoms with Crippen molar-refractivity contribution in [2.75, 3.05) is 6.54 Å². The molecule has 0 aromatic heterocycles. The van der Waals surface area contributed by atoms with Crippen molar-refractivity contribution in [1.82, 2.24) is 10.2 Å². The number of hydrogen-bond donors (Lipinski definition) is 1. The molecule has 146 valence electrons. The number of ether oxygens (including phenoxy) is 1. The van der Waals surface area contributed by atoms with Gasteiger partial charge in [-0.3, -0.25) is 14.5 Å². The summed E-state index contributed by atoms with van der Waals surface area (Å²) < 4.78 is 6.17. The molecule has 27 heavy (non-hydrogen) atoms. The van der Waals surface area contributed by atoms with E-state index in [9.17, 15) is 14.4 Å². The Morgan fingerprint density at radius 3 is 2.56 bits per heavy atom. The number of nitrogens with one attached hydrogen (secondary N) is 1. The van der Waals surface area contributed by atoms with E-state index in [2.05, 4.69) is 42.0 Å². The van der Waals surface area contributed by atoms with Gasteiger partial charge in [-0.05, 0) is 48.3 Å². The summed E-state index contributed by atoms with van der Waals surface area (Å²) in [5.41, 5.74) is -0.105. The van der Waals surface area contributed by atoms with Crippen molar-refractivity contribution in [3.8, 4) is 0 Å². The van der Waals surface area contributed by atoms with E-state index in [0.717, 1.165) is 21.4 Å². The number of carbonyl (C=O) groups excluding carboxylic acids is 3. The number of benzene rings is 1. The van der Waals surface area contributed by atoms with E-state index in [4.69, 9.17) is 4.74 Å². The van der Waals surface area contributed by atoms with Gasteiger partial charge < -0.3 is 10.1 Å². The molecule has 0 radical (unpaired) electrons. The van der Waals surface area contributed by atoms with Crippen molar-refractivity contribution in [3.05, 3.63) is 34.3 Å². The minimum atomic E-state index is -0.899. The molecule has 2 aliphatic rings. The average molecular weight is 437 g/mol. The fourth-order valence-electron chi connectivity index (χ4n) is 4.57. The first-order valence-corrected chi connectivity index (χ1v) is 9.94. The van der Waals surface area contributed by atoms with Crippen molar-refractivity contribution in [1.29, 1.82) is 0 Å². The van der Waals surface area contributed by atoms with Crippen molar-refractivity contribution >= 4 is 33.8 Å². The maximum atomic E-state index is 13.0. The van der Waals surface area contributed by atoms with Crippen LogP contribution >= 0.6 is 15.9 Å². The number of carbonyl (C=O) groups is 3. The Morgan fingerprint density at radius 2 is 1.93 bits per heavy atom. The van der Waals surface area contributed by atoms with E-state index in [0.29, 0.717) is 18.8 Å². The number of halogens is 1. The monoisotopic (exact) mass is 436 g/mol. The summed E-state index contributed by atoms with van der Waals surface area (Å²) in [4.78, 5) is 38.6. The Labute approximate surface area is 167 Å². The van der Waals surface area contributed by atoms with Gasteiger partial charge in [0.15, 0.2) is 0 Å². The number of urea groups is 1. The van der Waals surface area contributed by atoms with Gasteiger partial charge in [0.1, 0.15) is 18.7 Å². The molecule has 2 fully saturated rings. The molecule has 1 aromatic carbocycles. The fourth-order valence-corrected chi connectivity index (χ4v) is 4.83. The van der Waals surface area contributed by atoms with Crippen LogP contribution in [0, 0.1) is 11.3 Å². The third kappa shape index (κ3) is 4.34. The minimum absolute atomic E-state index is 0.0429. The van der Waals surface area contributed by atoms with Gasteiger partial charge in [0.25, 0.3) is 5.91 Å². The van der Waals surface area contributed by atoms with Crippen LogP contribution in [0.4, 0.5) is 4.79 Å². The van der Waals surface area contributed by atoms with Crippen molar-refractivity contribution < 1.29 is 19.1 Å². The molecule has 2 atom stereocenters. The molecule has 1 aromatic rings. The van der Waals surface area contributed by atoms with Crippen LogP contribution in [0.5, 0.6) is 0 Å². The molecule has 1 spiro atoms. The maximum absolute atomic E-state index is 13.0. The zero-order chi connectivity index (χ0) is 19.8. The topological polar surface area (TPSA) is 75.7 Å². The lowest BCUT2D eigenvalue weighted by Crippen LogP contribution is -2.54. The van der Waals surface area contributed by atoms with E-state index in [1.165, 1.54) is 0 Å². The smallest absolute Gasteiger partial charge is 0.326 e. The van der Waals surface area contributed by atoms with Crippen LogP contribution in [0.1, 0.15) is 45.6 Å². The predicted molar refractivity (Wildman–Crippen MR) is 104 cm³/mol. The van der Waals surface area contributed by atoms with E-state index >= 15 is 0 Å². The highest BCUT2D eigenvalue weighted by Crippen LogP contribution is 2.46. The van der Waals surface area contributed by atoms with Crippen LogP contribution < -0.4 is 5.32 Å². The fraction of sp³-hybridized carbons (Fsp3) is 0.550. The second kappa shape index (κ2) is 7.26. The minimum Gasteiger partial charge on any atom is -0.459 e. The summed E-state index contributed by atoms with van der Waals surface area (Å²) in [5, 5.41) is 2.86. The summed E-state index contributed by atoms with van der Waals surface area (Å²) in [6.45, 7) is 6.05. The molecular weight excluding hydrogens is 412 g/mol. The molecule has 7 heteroatoms. The lowest BCUT2D eigenvalue weighted by molar-refractivity contribution is -0.149. The summed E-state index contributed by atoms with van der Waals surface area (Å²) >= 11 is 3.35. The highest BCUT2D eigenvalue weighted by Gasteiger charge is 2.56. The summed E-state index contributed by atoms with van der Waals surface area (Å²) in [7, 11) is 0. The zero-order valence-electron chi connectivity index (χ0n) is 15.9. The molecule has 1 N–H and O–H groups in total. The molecule has 3 rings (SSSR count). The average Bonchev–Trinajstić information content (AvgIpc) is 2.76. The third-order valence-corrected chi connectivity index (χ3v) is 5.75. The van der Waals surface area contributed by atoms with Crippen LogP contribution in [-0.2, 0) is 20.9 Å². The molecule has 1 saturated heterocycles. The Morgan fingerprint density at radius 1 is 1.26 bits per heavy atom. The number of hydrogen-bond acceptors (Lipinski definition) is 4. The number of amides is 3. The van der Waals surface area contributed by atoms with Crippen molar-refractivity contribution in [3.63, 3.8) is 0 Å². The lowest BCUT2D eigenvalue weighted by Gasteiger charge is -2.43. The molecular formula is C20H25BrN2O4. The zero-order valence-corrected chi connectivity index (χ0v) is 17.5. The lowest BCUT2D eigenvalue weighted by atomic mass is 9.64. The van der Waals surface area contributed by atoms with Gasteiger partial charge in [0.2, 0.25) is 0 Å². The molecule has 1 saturated carbocycles. The van der Waals surface area contributed by atoms with Crippen LogP contribution in [-0.4, -0.2) is 34.9 Å². The van der Waals surface area contributed by atoms with E-state index < -0.39 is 17.5 Å². The normalized spacial score (nSPS) is 27.0. The first kappa shape index (κ1) is 19.9. The largest absolute Gasteiger partial charge is 0.459 e. The second-order valence-electron chi connectivity index (χ2n) is 8.55. The Bertz CT molecular complexity index is 762. The number of esters is 1. The van der Waals surface area contributed by atoms with Gasteiger partial charge >= 0.3 is 12.0 Å². The van der Waals surface area contributed by atoms with E-state index in [-0.39, 0.29) is 24.5 Å². The maximum Gasteiger partial charge on any atom is 0.326 e. The first-order valence-electron chi connectivity index (χ1n) is 9.14. The molecule has 1 aliphatic heterocycles. The van der Waals surface area contributed by atoms with E-state index in [1.807, 2.05) is 24.3 Å². The molecule has 1 aliphatic carbocycles. The SMILES string of the molecule is C[C@H]1CC(C)(C)C[C@]2(C1)NC(=O)N(CC(=O)OCc1ccc(Br)cc1)C2=O. The van der Waals surface area contributed by atoms with Crippen LogP contribution in [0.2, 0.25) is 0 Å². The van der Waals surface area contributed by atoms with Gasteiger partial charge in [-0.2, -0.15) is 0 Å². The quantitative estimate of drug-likeness (QED) is 0.577. The van der Waals surface area contributed by atoms with E-state index in [1.54, 1.807) is 0 Å². The standard InChI is InChI=1S/C20H25BrN2O4/c1-13-8-19(2,3)12-20(9-13)17(25)23(18(26)22-20)10-16(24)27-11-14-4-6-15(21)7-5-14/h4-7,13H,8-12H2,1-3H3,(H,22,26)/t13-,20-/m0/s1. The summed E-state index contributed by atoms with van der Waals surface area (Å²) in [6.07, 6.45) is 2.19. The third-order valence-electron chi connectivity index (χ3n) is 5.22. The highest BCUT2D eigenvalue weighted by atomic mass is 79.9. The molecule has 1 heterocycles. The van der Waals surface area contributed by atoms with Crippen molar-refractivity contribution in [2.45, 2.75) is 52.2 Å². The van der Waals surface area contributed by atoms with Crippen LogP contribution in [0.3, 0.4) is 0 Å². The van der Waals surface area contributed by atoms with Gasteiger partial charge in [-0.15, -0.1) is 0 Å². The van der Waals surface area contributed by atoms with Crippen LogP contribution in [0.15, 0.2) is 28.7 Å². The Kier molecular flexibility index (Phi) is 5.34. The van der Waals surface area contributed by atoms with Gasteiger partial charge in [0, 0.05) is 4.47 Å². The van der Waals surface area contributed by atoms with Gasteiger partial charge in [-0.25, -0.2) is 4.79 Å². The molecule has 0 bridgehead atoms. The molecule has 3 amide bonds. The summed E-state index contributed by atoms with van der Waals surface area (Å²) in [5.74, 6) is -0.586. The van der Waals surface area contributed by atoms with Gasteiger partial charge in [0.05, 0.1) is 0 Å². The Balaban J connectivity index is 1.63. The Hall–Kier alpha value is -1.89. The van der Waals surface area contributed by atoms with Crippen molar-refractivity contribution in [2.24, 2.45) is 11.3 Å². The van der Waals surface area contributed by atoms with Crippen LogP contribution in [0.25, 0.3) is 0 Å². The second-order valence-corrected chi connectivity index (χ2v) is 9.46. The molecule has 6 nitrogen and oxygen atoms in total. The number of rotatable bonds is 4. The number of imide groups is 1.